The summed E-state index contributed by atoms with van der Waals surface area (Å²) in [5.74, 6) is 0.788. The monoisotopic (exact) mass is 189 g/mol. The zero-order chi connectivity index (χ0) is 9.97. The highest BCUT2D eigenvalue weighted by molar-refractivity contribution is 5.20. The normalized spacial score (nSPS) is 12.7. The highest BCUT2D eigenvalue weighted by Gasteiger charge is 2.19. The van der Waals surface area contributed by atoms with Gasteiger partial charge in [0.25, 0.3) is 5.82 Å². The van der Waals surface area contributed by atoms with Crippen LogP contribution in [0.25, 0.3) is 0 Å². The molecule has 0 saturated heterocycles. The van der Waals surface area contributed by atoms with Crippen LogP contribution in [-0.4, -0.2) is 10.1 Å². The van der Waals surface area contributed by atoms with Crippen molar-refractivity contribution >= 4 is 0 Å². The average molecular weight is 189 g/mol. The van der Waals surface area contributed by atoms with Gasteiger partial charge >= 0.3 is 0 Å². The predicted molar refractivity (Wildman–Crippen MR) is 52.5 cm³/mol. The van der Waals surface area contributed by atoms with E-state index in [1.165, 1.54) is 0 Å². The SMILES string of the molecule is C[n+]1cc[nH]c1[C@H](O)c1ccccc1. The van der Waals surface area contributed by atoms with Gasteiger partial charge in [0.15, 0.2) is 6.10 Å². The Bertz CT molecular complexity index is 408. The number of aromatic amines is 1. The van der Waals surface area contributed by atoms with Crippen molar-refractivity contribution in [3.05, 3.63) is 54.1 Å². The van der Waals surface area contributed by atoms with Crippen molar-refractivity contribution in [3.8, 4) is 0 Å². The summed E-state index contributed by atoms with van der Waals surface area (Å²) in [7, 11) is 1.90. The Morgan fingerprint density at radius 1 is 1.29 bits per heavy atom. The molecule has 0 fully saturated rings. The van der Waals surface area contributed by atoms with Crippen LogP contribution in [0.2, 0.25) is 0 Å². The molecule has 2 aromatic rings. The van der Waals surface area contributed by atoms with E-state index in [-0.39, 0.29) is 0 Å². The van der Waals surface area contributed by atoms with Crippen molar-refractivity contribution in [2.75, 3.05) is 0 Å². The Labute approximate surface area is 82.7 Å². The molecule has 1 aromatic heterocycles. The van der Waals surface area contributed by atoms with E-state index in [1.807, 2.05) is 54.3 Å². The van der Waals surface area contributed by atoms with Crippen LogP contribution in [0.3, 0.4) is 0 Å². The minimum atomic E-state index is -0.587. The maximum atomic E-state index is 10.0. The number of rotatable bonds is 2. The number of hydrogen-bond acceptors (Lipinski definition) is 1. The number of hydrogen-bond donors (Lipinski definition) is 2. The largest absolute Gasteiger partial charge is 0.376 e. The summed E-state index contributed by atoms with van der Waals surface area (Å²) in [4.78, 5) is 3.02. The summed E-state index contributed by atoms with van der Waals surface area (Å²) in [5, 5.41) is 10.0. The molecule has 0 bridgehead atoms. The Hall–Kier alpha value is -1.61. The maximum absolute atomic E-state index is 10.0. The molecule has 0 aliphatic heterocycles. The summed E-state index contributed by atoms with van der Waals surface area (Å²) in [5.41, 5.74) is 0.894. The fourth-order valence-corrected chi connectivity index (χ4v) is 1.48. The van der Waals surface area contributed by atoms with Crippen molar-refractivity contribution in [2.24, 2.45) is 7.05 Å². The fourth-order valence-electron chi connectivity index (χ4n) is 1.48. The van der Waals surface area contributed by atoms with E-state index in [0.717, 1.165) is 11.4 Å². The van der Waals surface area contributed by atoms with Crippen molar-refractivity contribution in [2.45, 2.75) is 6.10 Å². The zero-order valence-corrected chi connectivity index (χ0v) is 8.01. The Morgan fingerprint density at radius 3 is 2.57 bits per heavy atom. The van der Waals surface area contributed by atoms with Crippen LogP contribution < -0.4 is 4.57 Å². The maximum Gasteiger partial charge on any atom is 0.288 e. The topological polar surface area (TPSA) is 39.9 Å². The lowest BCUT2D eigenvalue weighted by Crippen LogP contribution is -2.32. The molecule has 1 aromatic carbocycles. The van der Waals surface area contributed by atoms with Gasteiger partial charge in [-0.15, -0.1) is 0 Å². The Balaban J connectivity index is 2.34. The lowest BCUT2D eigenvalue weighted by molar-refractivity contribution is -0.681. The standard InChI is InChI=1S/C11H12N2O/c1-13-8-7-12-11(13)10(14)9-5-3-2-4-6-9/h2-8,10,14H,1H3/p+1/t10-/m1/s1. The van der Waals surface area contributed by atoms with Gasteiger partial charge in [0.1, 0.15) is 12.4 Å². The number of aromatic nitrogens is 2. The number of aryl methyl sites for hydroxylation is 1. The molecular weight excluding hydrogens is 176 g/mol. The third kappa shape index (κ3) is 1.54. The van der Waals surface area contributed by atoms with Gasteiger partial charge in [-0.1, -0.05) is 30.3 Å². The number of aliphatic hydroxyl groups is 1. The molecule has 1 heterocycles. The molecule has 14 heavy (non-hydrogen) atoms. The fraction of sp³-hybridized carbons (Fsp3) is 0.182. The third-order valence-corrected chi connectivity index (χ3v) is 2.28. The summed E-state index contributed by atoms with van der Waals surface area (Å²) in [6.45, 7) is 0. The molecular formula is C11H13N2O+. The van der Waals surface area contributed by atoms with Gasteiger partial charge in [-0.05, 0) is 5.56 Å². The number of nitrogens with zero attached hydrogens (tertiary/aromatic N) is 1. The van der Waals surface area contributed by atoms with E-state index in [2.05, 4.69) is 4.98 Å². The van der Waals surface area contributed by atoms with Gasteiger partial charge in [-0.2, -0.15) is 0 Å². The van der Waals surface area contributed by atoms with Crippen LogP contribution >= 0.6 is 0 Å². The number of imidazole rings is 1. The lowest BCUT2D eigenvalue weighted by Gasteiger charge is -2.05. The number of aliphatic hydroxyl groups excluding tert-OH is 1. The predicted octanol–water partition coefficient (Wildman–Crippen LogP) is 0.921. The third-order valence-electron chi connectivity index (χ3n) is 2.28. The van der Waals surface area contributed by atoms with Gasteiger partial charge in [0, 0.05) is 0 Å². The van der Waals surface area contributed by atoms with Crippen molar-refractivity contribution in [3.63, 3.8) is 0 Å². The molecule has 0 saturated carbocycles. The first kappa shape index (κ1) is 8.97. The quantitative estimate of drug-likeness (QED) is 0.678. The van der Waals surface area contributed by atoms with Gasteiger partial charge in [0.2, 0.25) is 0 Å². The van der Waals surface area contributed by atoms with Crippen LogP contribution in [0.4, 0.5) is 0 Å². The molecule has 3 heteroatoms. The van der Waals surface area contributed by atoms with E-state index in [0.29, 0.717) is 0 Å². The molecule has 72 valence electrons. The Kier molecular flexibility index (Phi) is 2.33. The summed E-state index contributed by atoms with van der Waals surface area (Å²) >= 11 is 0. The van der Waals surface area contributed by atoms with Crippen LogP contribution in [0.1, 0.15) is 17.5 Å². The minimum absolute atomic E-state index is 0.587. The molecule has 0 spiro atoms. The van der Waals surface area contributed by atoms with Gasteiger partial charge in [-0.25, -0.2) is 9.55 Å². The second-order valence-electron chi connectivity index (χ2n) is 3.27. The molecule has 0 aliphatic rings. The second kappa shape index (κ2) is 3.64. The van der Waals surface area contributed by atoms with Gasteiger partial charge in [-0.3, -0.25) is 0 Å². The summed E-state index contributed by atoms with van der Waals surface area (Å²) in [6.07, 6.45) is 3.10. The van der Waals surface area contributed by atoms with Crippen LogP contribution in [0, 0.1) is 0 Å². The lowest BCUT2D eigenvalue weighted by atomic mass is 10.1. The average Bonchev–Trinajstić information content (AvgIpc) is 2.65. The van der Waals surface area contributed by atoms with Crippen molar-refractivity contribution in [1.82, 2.24) is 4.98 Å². The molecule has 0 amide bonds. The number of nitrogens with one attached hydrogen (secondary N) is 1. The van der Waals surface area contributed by atoms with Crippen LogP contribution in [-0.2, 0) is 7.05 Å². The van der Waals surface area contributed by atoms with E-state index >= 15 is 0 Å². The summed E-state index contributed by atoms with van der Waals surface area (Å²) in [6, 6.07) is 9.59. The first-order valence-electron chi connectivity index (χ1n) is 4.55. The second-order valence-corrected chi connectivity index (χ2v) is 3.27. The van der Waals surface area contributed by atoms with Gasteiger partial charge < -0.3 is 5.11 Å². The van der Waals surface area contributed by atoms with Crippen LogP contribution in [0.5, 0.6) is 0 Å². The van der Waals surface area contributed by atoms with Crippen LogP contribution in [0.15, 0.2) is 42.7 Å². The molecule has 3 nitrogen and oxygen atoms in total. The molecule has 2 rings (SSSR count). The Morgan fingerprint density at radius 2 is 2.00 bits per heavy atom. The molecule has 1 atom stereocenters. The zero-order valence-electron chi connectivity index (χ0n) is 8.01. The number of H-pyrrole nitrogens is 1. The smallest absolute Gasteiger partial charge is 0.288 e. The first-order valence-corrected chi connectivity index (χ1v) is 4.55. The molecule has 0 unspecified atom stereocenters. The first-order chi connectivity index (χ1) is 6.79. The molecule has 2 N–H and O–H groups in total. The van der Waals surface area contributed by atoms with Gasteiger partial charge in [0.05, 0.1) is 7.05 Å². The molecule has 0 aliphatic carbocycles. The minimum Gasteiger partial charge on any atom is -0.376 e. The number of benzene rings is 1. The highest BCUT2D eigenvalue weighted by Crippen LogP contribution is 2.16. The van der Waals surface area contributed by atoms with E-state index in [4.69, 9.17) is 0 Å². The van der Waals surface area contributed by atoms with E-state index in [9.17, 15) is 5.11 Å². The summed E-state index contributed by atoms with van der Waals surface area (Å²) < 4.78 is 1.87. The highest BCUT2D eigenvalue weighted by atomic mass is 16.3. The van der Waals surface area contributed by atoms with Crippen molar-refractivity contribution in [1.29, 1.82) is 0 Å². The van der Waals surface area contributed by atoms with E-state index in [1.54, 1.807) is 0 Å². The molecule has 0 radical (unpaired) electrons. The van der Waals surface area contributed by atoms with Crippen molar-refractivity contribution < 1.29 is 9.67 Å². The van der Waals surface area contributed by atoms with E-state index < -0.39 is 6.10 Å².